The minimum absolute atomic E-state index is 0.00855. The van der Waals surface area contributed by atoms with E-state index < -0.39 is 27.3 Å². The first-order chi connectivity index (χ1) is 13.3. The minimum Gasteiger partial charge on any atom is -0.497 e. The Kier molecular flexibility index (Phi) is 5.76. The molecule has 0 aliphatic rings. The predicted molar refractivity (Wildman–Crippen MR) is 106 cm³/mol. The van der Waals surface area contributed by atoms with Gasteiger partial charge in [0.2, 0.25) is 0 Å². The lowest BCUT2D eigenvalue weighted by Gasteiger charge is -2.04. The van der Waals surface area contributed by atoms with E-state index in [-0.39, 0.29) is 9.70 Å². The Labute approximate surface area is 165 Å². The first-order valence-corrected chi connectivity index (χ1v) is 10.6. The van der Waals surface area contributed by atoms with E-state index in [1.807, 2.05) is 0 Å². The van der Waals surface area contributed by atoms with E-state index in [4.69, 9.17) is 4.74 Å². The molecule has 28 heavy (non-hydrogen) atoms. The van der Waals surface area contributed by atoms with Crippen molar-refractivity contribution < 1.29 is 22.3 Å². The second kappa shape index (κ2) is 8.07. The SMILES string of the molecule is C=CCn1c(=NC(=O)CS(=O)(=O)c2ccc(OC)cc2)sc2cc(F)ccc21. The molecule has 0 aliphatic carbocycles. The van der Waals surface area contributed by atoms with Crippen LogP contribution < -0.4 is 9.54 Å². The number of benzene rings is 2. The average molecular weight is 420 g/mol. The number of rotatable bonds is 6. The van der Waals surface area contributed by atoms with E-state index in [0.29, 0.717) is 22.5 Å². The van der Waals surface area contributed by atoms with Crippen LogP contribution in [0.2, 0.25) is 0 Å². The van der Waals surface area contributed by atoms with Crippen LogP contribution in [0.3, 0.4) is 0 Å². The summed E-state index contributed by atoms with van der Waals surface area (Å²) in [6.45, 7) is 4.02. The summed E-state index contributed by atoms with van der Waals surface area (Å²) in [4.78, 5) is 16.6. The van der Waals surface area contributed by atoms with Gasteiger partial charge in [0.25, 0.3) is 5.91 Å². The summed E-state index contributed by atoms with van der Waals surface area (Å²) in [5.41, 5.74) is 0.691. The van der Waals surface area contributed by atoms with Gasteiger partial charge in [-0.3, -0.25) is 4.79 Å². The number of allylic oxidation sites excluding steroid dienone is 1. The summed E-state index contributed by atoms with van der Waals surface area (Å²) in [5.74, 6) is -1.46. The highest BCUT2D eigenvalue weighted by Crippen LogP contribution is 2.19. The molecule has 1 aromatic heterocycles. The summed E-state index contributed by atoms with van der Waals surface area (Å²) in [6.07, 6.45) is 1.62. The van der Waals surface area contributed by atoms with E-state index in [1.165, 1.54) is 43.5 Å². The third kappa shape index (κ3) is 4.20. The van der Waals surface area contributed by atoms with E-state index in [9.17, 15) is 17.6 Å². The fraction of sp³-hybridized carbons (Fsp3) is 0.158. The summed E-state index contributed by atoms with van der Waals surface area (Å²) < 4.78 is 45.7. The zero-order valence-electron chi connectivity index (χ0n) is 15.0. The van der Waals surface area contributed by atoms with Crippen molar-refractivity contribution in [2.45, 2.75) is 11.4 Å². The Bertz CT molecular complexity index is 1210. The van der Waals surface area contributed by atoms with Gasteiger partial charge in [-0.25, -0.2) is 12.8 Å². The van der Waals surface area contributed by atoms with Crippen LogP contribution in [0.25, 0.3) is 10.2 Å². The third-order valence-electron chi connectivity index (χ3n) is 3.91. The number of fused-ring (bicyclic) bond motifs is 1. The van der Waals surface area contributed by atoms with E-state index in [0.717, 1.165) is 11.3 Å². The van der Waals surface area contributed by atoms with Crippen LogP contribution in [0.1, 0.15) is 0 Å². The molecular weight excluding hydrogens is 403 g/mol. The van der Waals surface area contributed by atoms with Crippen molar-refractivity contribution in [3.8, 4) is 5.75 Å². The average Bonchev–Trinajstić information content (AvgIpc) is 2.97. The fourth-order valence-corrected chi connectivity index (χ4v) is 4.79. The highest BCUT2D eigenvalue weighted by atomic mass is 32.2. The number of hydrogen-bond acceptors (Lipinski definition) is 5. The summed E-state index contributed by atoms with van der Waals surface area (Å²) in [5, 5.41) is 0. The van der Waals surface area contributed by atoms with Crippen molar-refractivity contribution in [3.05, 3.63) is 65.7 Å². The molecule has 146 valence electrons. The number of aromatic nitrogens is 1. The maximum Gasteiger partial charge on any atom is 0.263 e. The molecule has 0 spiro atoms. The number of amides is 1. The predicted octanol–water partition coefficient (Wildman–Crippen LogP) is 2.94. The van der Waals surface area contributed by atoms with E-state index >= 15 is 0 Å². The standard InChI is InChI=1S/C19H17FN2O4S2/c1-3-10-22-16-9-4-13(20)11-17(16)27-19(22)21-18(23)12-28(24,25)15-7-5-14(26-2)6-8-15/h3-9,11H,1,10,12H2,2H3. The van der Waals surface area contributed by atoms with E-state index in [1.54, 1.807) is 16.7 Å². The molecule has 0 saturated heterocycles. The lowest BCUT2D eigenvalue weighted by atomic mass is 10.3. The third-order valence-corrected chi connectivity index (χ3v) is 6.57. The van der Waals surface area contributed by atoms with Gasteiger partial charge in [-0.05, 0) is 42.5 Å². The molecular formula is C19H17FN2O4S2. The highest BCUT2D eigenvalue weighted by Gasteiger charge is 2.19. The van der Waals surface area contributed by atoms with Crippen LogP contribution >= 0.6 is 11.3 Å². The van der Waals surface area contributed by atoms with Gasteiger partial charge >= 0.3 is 0 Å². The van der Waals surface area contributed by atoms with Gasteiger partial charge < -0.3 is 9.30 Å². The largest absolute Gasteiger partial charge is 0.497 e. The van der Waals surface area contributed by atoms with Crippen LogP contribution in [0.15, 0.2) is 65.0 Å². The van der Waals surface area contributed by atoms with Gasteiger partial charge in [-0.15, -0.1) is 6.58 Å². The van der Waals surface area contributed by atoms with Crippen molar-refractivity contribution >= 4 is 37.3 Å². The lowest BCUT2D eigenvalue weighted by Crippen LogP contribution is -2.20. The molecule has 1 heterocycles. The van der Waals surface area contributed by atoms with Crippen molar-refractivity contribution in [2.75, 3.05) is 12.9 Å². The molecule has 3 rings (SSSR count). The highest BCUT2D eigenvalue weighted by molar-refractivity contribution is 7.92. The van der Waals surface area contributed by atoms with Gasteiger partial charge in [0.15, 0.2) is 14.6 Å². The van der Waals surface area contributed by atoms with Crippen LogP contribution in [0, 0.1) is 5.82 Å². The minimum atomic E-state index is -3.85. The van der Waals surface area contributed by atoms with Gasteiger partial charge in [-0.2, -0.15) is 4.99 Å². The van der Waals surface area contributed by atoms with E-state index in [2.05, 4.69) is 11.6 Å². The molecule has 0 saturated carbocycles. The molecule has 3 aromatic rings. The number of methoxy groups -OCH3 is 1. The lowest BCUT2D eigenvalue weighted by molar-refractivity contribution is -0.115. The van der Waals surface area contributed by atoms with Crippen LogP contribution in [-0.4, -0.2) is 31.8 Å². The van der Waals surface area contributed by atoms with Crippen LogP contribution in [-0.2, 0) is 21.2 Å². The molecule has 0 aliphatic heterocycles. The Morgan fingerprint density at radius 3 is 2.64 bits per heavy atom. The smallest absolute Gasteiger partial charge is 0.263 e. The zero-order valence-corrected chi connectivity index (χ0v) is 16.6. The fourth-order valence-electron chi connectivity index (χ4n) is 2.61. The molecule has 1 amide bonds. The van der Waals surface area contributed by atoms with Gasteiger partial charge in [0, 0.05) is 6.54 Å². The topological polar surface area (TPSA) is 77.7 Å². The van der Waals surface area contributed by atoms with Crippen molar-refractivity contribution in [2.24, 2.45) is 4.99 Å². The molecule has 0 bridgehead atoms. The number of halogens is 1. The number of sulfone groups is 1. The Morgan fingerprint density at radius 1 is 1.29 bits per heavy atom. The summed E-state index contributed by atoms with van der Waals surface area (Å²) in [6, 6.07) is 10.0. The van der Waals surface area contributed by atoms with Crippen molar-refractivity contribution in [3.63, 3.8) is 0 Å². The summed E-state index contributed by atoms with van der Waals surface area (Å²) >= 11 is 1.11. The number of thiazole rings is 1. The Morgan fingerprint density at radius 2 is 2.00 bits per heavy atom. The molecule has 0 N–H and O–H groups in total. The molecule has 0 atom stereocenters. The zero-order chi connectivity index (χ0) is 20.3. The maximum absolute atomic E-state index is 13.5. The van der Waals surface area contributed by atoms with Gasteiger partial charge in [0.05, 0.1) is 22.2 Å². The number of ether oxygens (including phenoxy) is 1. The number of hydrogen-bond donors (Lipinski definition) is 0. The van der Waals surface area contributed by atoms with Crippen molar-refractivity contribution in [1.29, 1.82) is 0 Å². The number of carbonyl (C=O) groups is 1. The molecule has 0 radical (unpaired) electrons. The second-order valence-corrected chi connectivity index (χ2v) is 8.83. The number of carbonyl (C=O) groups excluding carboxylic acids is 1. The Balaban J connectivity index is 1.95. The molecule has 0 fully saturated rings. The van der Waals surface area contributed by atoms with Crippen molar-refractivity contribution in [1.82, 2.24) is 4.57 Å². The normalized spacial score (nSPS) is 12.3. The maximum atomic E-state index is 13.5. The van der Waals surface area contributed by atoms with Gasteiger partial charge in [-0.1, -0.05) is 17.4 Å². The summed E-state index contributed by atoms with van der Waals surface area (Å²) in [7, 11) is -2.38. The Hall–Kier alpha value is -2.78. The monoisotopic (exact) mass is 420 g/mol. The number of nitrogens with zero attached hydrogens (tertiary/aromatic N) is 2. The molecule has 2 aromatic carbocycles. The first-order valence-electron chi connectivity index (χ1n) is 8.18. The van der Waals surface area contributed by atoms with Gasteiger partial charge in [0.1, 0.15) is 17.3 Å². The van der Waals surface area contributed by atoms with Crippen LogP contribution in [0.5, 0.6) is 5.75 Å². The molecule has 9 heteroatoms. The quantitative estimate of drug-likeness (QED) is 0.575. The molecule has 6 nitrogen and oxygen atoms in total. The first kappa shape index (κ1) is 20.0. The molecule has 0 unspecified atom stereocenters. The van der Waals surface area contributed by atoms with Crippen LogP contribution in [0.4, 0.5) is 4.39 Å². The second-order valence-electron chi connectivity index (χ2n) is 5.84.